The Bertz CT molecular complexity index is 3250. The smallest absolute Gasteiger partial charge is 0.160 e. The first-order valence-electron chi connectivity index (χ1n) is 19.0. The normalized spacial score (nSPS) is 17.9. The zero-order chi connectivity index (χ0) is 36.5. The third kappa shape index (κ3) is 5.32. The van der Waals surface area contributed by atoms with Crippen LogP contribution in [0.5, 0.6) is 0 Å². The molecular formula is C51H35N3S. The van der Waals surface area contributed by atoms with Crippen LogP contribution in [0.3, 0.4) is 0 Å². The quantitative estimate of drug-likeness (QED) is 0.173. The Hall–Kier alpha value is -6.62. The molecule has 0 aliphatic carbocycles. The summed E-state index contributed by atoms with van der Waals surface area (Å²) >= 11 is 1.86. The van der Waals surface area contributed by atoms with Gasteiger partial charge in [0.15, 0.2) is 5.84 Å². The number of nitrogens with zero attached hydrogens (tertiary/aromatic N) is 3. The molecule has 3 nitrogen and oxygen atoms in total. The van der Waals surface area contributed by atoms with Crippen molar-refractivity contribution in [1.82, 2.24) is 4.57 Å². The van der Waals surface area contributed by atoms with Gasteiger partial charge >= 0.3 is 0 Å². The summed E-state index contributed by atoms with van der Waals surface area (Å²) in [5.41, 5.74) is 8.81. The molecule has 10 aromatic rings. The Balaban J connectivity index is 1.18. The standard InChI is InChI=1S/C51H35N3S/c1-32-23-26-44(38-25-24-33-13-5-6-16-35(33)27-38)52-51(34-14-3-2-4-15-34)53-50(32)43-30-39(31-48-49(43)41-20-10-12-22-47(41)55-48)54-45-21-11-9-19-40(45)42-28-36-17-7-8-18-37(36)29-46(42)54/h2-22,24-32H,23H2,1H3/b44-26+,52-51-,53-50+. The maximum absolute atomic E-state index is 5.64. The van der Waals surface area contributed by atoms with Crippen LogP contribution >= 0.6 is 11.3 Å². The highest BCUT2D eigenvalue weighted by molar-refractivity contribution is 7.25. The van der Waals surface area contributed by atoms with Crippen LogP contribution in [0.4, 0.5) is 0 Å². The van der Waals surface area contributed by atoms with Crippen LogP contribution in [0.1, 0.15) is 30.0 Å². The van der Waals surface area contributed by atoms with Gasteiger partial charge in [0.1, 0.15) is 0 Å². The summed E-state index contributed by atoms with van der Waals surface area (Å²) in [7, 11) is 0. The fraction of sp³-hybridized carbons (Fsp3) is 0.0588. The van der Waals surface area contributed by atoms with Crippen LogP contribution in [0.2, 0.25) is 0 Å². The molecule has 0 saturated heterocycles. The molecule has 3 heterocycles. The summed E-state index contributed by atoms with van der Waals surface area (Å²) in [6.45, 7) is 2.32. The fourth-order valence-electron chi connectivity index (χ4n) is 8.49. The molecule has 1 unspecified atom stereocenters. The molecule has 55 heavy (non-hydrogen) atoms. The summed E-state index contributed by atoms with van der Waals surface area (Å²) in [5, 5.41) is 9.95. The van der Waals surface area contributed by atoms with Crippen LogP contribution in [0.15, 0.2) is 186 Å². The molecular weight excluding hydrogens is 687 g/mol. The Morgan fingerprint density at radius 3 is 2.05 bits per heavy atom. The largest absolute Gasteiger partial charge is 0.309 e. The predicted octanol–water partition coefficient (Wildman–Crippen LogP) is 13.8. The predicted molar refractivity (Wildman–Crippen MR) is 236 cm³/mol. The summed E-state index contributed by atoms with van der Waals surface area (Å²) in [5.74, 6) is 0.840. The van der Waals surface area contributed by atoms with Gasteiger partial charge in [0.25, 0.3) is 0 Å². The van der Waals surface area contributed by atoms with E-state index in [1.54, 1.807) is 0 Å². The molecule has 11 rings (SSSR count). The summed E-state index contributed by atoms with van der Waals surface area (Å²) in [6, 6.07) is 61.4. The first-order chi connectivity index (χ1) is 27.2. The van der Waals surface area contributed by atoms with Crippen molar-refractivity contribution < 1.29 is 0 Å². The van der Waals surface area contributed by atoms with Gasteiger partial charge in [-0.3, -0.25) is 0 Å². The number of thiophene rings is 1. The second-order valence-electron chi connectivity index (χ2n) is 14.6. The number of hydrogen-bond acceptors (Lipinski definition) is 3. The minimum atomic E-state index is 0.115. The third-order valence-electron chi connectivity index (χ3n) is 11.2. The zero-order valence-electron chi connectivity index (χ0n) is 30.3. The van der Waals surface area contributed by atoms with Crippen LogP contribution in [-0.2, 0) is 0 Å². The zero-order valence-corrected chi connectivity index (χ0v) is 31.1. The first-order valence-corrected chi connectivity index (χ1v) is 19.8. The number of aliphatic imine (C=N–C) groups is 2. The van der Waals surface area contributed by atoms with Crippen molar-refractivity contribution in [3.63, 3.8) is 0 Å². The van der Waals surface area contributed by atoms with E-state index in [1.165, 1.54) is 63.5 Å². The lowest BCUT2D eigenvalue weighted by molar-refractivity contribution is 0.791. The molecule has 4 heteroatoms. The van der Waals surface area contributed by atoms with Crippen LogP contribution < -0.4 is 0 Å². The molecule has 2 aromatic heterocycles. The van der Waals surface area contributed by atoms with E-state index in [2.05, 4.69) is 187 Å². The summed E-state index contributed by atoms with van der Waals surface area (Å²) in [6.07, 6.45) is 3.12. The average molecular weight is 722 g/mol. The highest BCUT2D eigenvalue weighted by atomic mass is 32.1. The second kappa shape index (κ2) is 12.8. The lowest BCUT2D eigenvalue weighted by atomic mass is 9.90. The van der Waals surface area contributed by atoms with Gasteiger partial charge in [-0.25, -0.2) is 9.98 Å². The molecule has 1 aliphatic heterocycles. The number of rotatable bonds is 4. The van der Waals surface area contributed by atoms with Gasteiger partial charge in [-0.1, -0.05) is 140 Å². The molecule has 0 fully saturated rings. The van der Waals surface area contributed by atoms with Gasteiger partial charge in [-0.05, 0) is 70.4 Å². The lowest BCUT2D eigenvalue weighted by Crippen LogP contribution is -2.18. The molecule has 0 bridgehead atoms. The minimum Gasteiger partial charge on any atom is -0.309 e. The Labute approximate surface area is 322 Å². The number of fused-ring (bicyclic) bond motifs is 8. The SMILES string of the molecule is CC1C/C=C(c2ccc3ccccc3c2)/N=C(c2ccccc2)\N=C/1c1cc(-n2c3ccccc3c3cc4ccccc4cc32)cc2sc3ccccc3c12. The molecule has 0 N–H and O–H groups in total. The topological polar surface area (TPSA) is 29.6 Å². The average Bonchev–Trinajstić information content (AvgIpc) is 3.77. The number of para-hydroxylation sites is 1. The van der Waals surface area contributed by atoms with Crippen molar-refractivity contribution in [1.29, 1.82) is 0 Å². The van der Waals surface area contributed by atoms with E-state index in [0.29, 0.717) is 0 Å². The minimum absolute atomic E-state index is 0.115. The second-order valence-corrected chi connectivity index (χ2v) is 15.7. The van der Waals surface area contributed by atoms with Gasteiger partial charge in [-0.15, -0.1) is 11.3 Å². The van der Waals surface area contributed by atoms with Gasteiger partial charge in [0, 0.05) is 59.2 Å². The van der Waals surface area contributed by atoms with E-state index in [-0.39, 0.29) is 5.92 Å². The van der Waals surface area contributed by atoms with Crippen LogP contribution in [0, 0.1) is 5.92 Å². The maximum atomic E-state index is 5.64. The first kappa shape index (κ1) is 31.9. The monoisotopic (exact) mass is 721 g/mol. The molecule has 0 saturated carbocycles. The number of aromatic nitrogens is 1. The maximum Gasteiger partial charge on any atom is 0.160 e. The van der Waals surface area contributed by atoms with Crippen molar-refractivity contribution in [2.24, 2.45) is 15.9 Å². The van der Waals surface area contributed by atoms with E-state index in [1.807, 2.05) is 11.3 Å². The molecule has 1 aliphatic rings. The van der Waals surface area contributed by atoms with E-state index in [9.17, 15) is 0 Å². The van der Waals surface area contributed by atoms with E-state index in [4.69, 9.17) is 9.98 Å². The van der Waals surface area contributed by atoms with Gasteiger partial charge in [0.2, 0.25) is 0 Å². The highest BCUT2D eigenvalue weighted by Gasteiger charge is 2.24. The number of hydrogen-bond donors (Lipinski definition) is 0. The van der Waals surface area contributed by atoms with Crippen molar-refractivity contribution in [2.45, 2.75) is 13.3 Å². The lowest BCUT2D eigenvalue weighted by Gasteiger charge is -2.20. The van der Waals surface area contributed by atoms with Gasteiger partial charge in [-0.2, -0.15) is 0 Å². The van der Waals surface area contributed by atoms with E-state index >= 15 is 0 Å². The van der Waals surface area contributed by atoms with Crippen molar-refractivity contribution in [3.8, 4) is 5.69 Å². The van der Waals surface area contributed by atoms with Crippen LogP contribution in [-0.4, -0.2) is 16.1 Å². The molecule has 8 aromatic carbocycles. The summed E-state index contributed by atoms with van der Waals surface area (Å²) in [4.78, 5) is 11.0. The Kier molecular flexibility index (Phi) is 7.39. The van der Waals surface area contributed by atoms with Gasteiger partial charge in [0.05, 0.1) is 22.4 Å². The molecule has 1 atom stereocenters. The van der Waals surface area contributed by atoms with E-state index < -0.39 is 0 Å². The molecule has 0 amide bonds. The Morgan fingerprint density at radius 1 is 0.527 bits per heavy atom. The fourth-order valence-corrected chi connectivity index (χ4v) is 9.65. The van der Waals surface area contributed by atoms with Crippen molar-refractivity contribution >= 4 is 92.1 Å². The number of amidine groups is 1. The van der Waals surface area contributed by atoms with Gasteiger partial charge < -0.3 is 4.57 Å². The Morgan fingerprint density at radius 2 is 1.22 bits per heavy atom. The third-order valence-corrected chi connectivity index (χ3v) is 12.3. The highest BCUT2D eigenvalue weighted by Crippen LogP contribution is 2.42. The number of benzene rings is 8. The van der Waals surface area contributed by atoms with Crippen LogP contribution in [0.25, 0.3) is 74.9 Å². The molecule has 0 spiro atoms. The van der Waals surface area contributed by atoms with Crippen molar-refractivity contribution in [3.05, 3.63) is 193 Å². The number of allylic oxidation sites excluding steroid dienone is 1. The van der Waals surface area contributed by atoms with Crippen molar-refractivity contribution in [2.75, 3.05) is 0 Å². The summed E-state index contributed by atoms with van der Waals surface area (Å²) < 4.78 is 4.99. The molecule has 0 radical (unpaired) electrons. The van der Waals surface area contributed by atoms with E-state index in [0.717, 1.165) is 46.0 Å². The molecule has 260 valence electrons.